The summed E-state index contributed by atoms with van der Waals surface area (Å²) < 4.78 is 3.73. The number of pyridine rings is 1. The molecule has 0 spiro atoms. The van der Waals surface area contributed by atoms with Crippen molar-refractivity contribution in [3.05, 3.63) is 69.4 Å². The van der Waals surface area contributed by atoms with Crippen LogP contribution in [0.3, 0.4) is 0 Å². The van der Waals surface area contributed by atoms with Gasteiger partial charge >= 0.3 is 0 Å². The molecule has 0 atom stereocenters. The molecule has 0 saturated carbocycles. The predicted octanol–water partition coefficient (Wildman–Crippen LogP) is 3.78. The first-order chi connectivity index (χ1) is 16.3. The Balaban J connectivity index is 1.49. The summed E-state index contributed by atoms with van der Waals surface area (Å²) in [5.41, 5.74) is 7.40. The molecule has 4 aromatic rings. The van der Waals surface area contributed by atoms with E-state index in [9.17, 15) is 4.79 Å². The molecule has 2 aliphatic rings. The number of fused-ring (bicyclic) bond motifs is 3. The summed E-state index contributed by atoms with van der Waals surface area (Å²) in [7, 11) is 0. The van der Waals surface area contributed by atoms with Gasteiger partial charge in [-0.05, 0) is 62.6 Å². The van der Waals surface area contributed by atoms with Crippen LogP contribution in [0.5, 0.6) is 0 Å². The molecular formula is C26H29N7O. The largest absolute Gasteiger partial charge is 0.324 e. The number of anilines is 2. The normalized spacial score (nSPS) is 16.3. The fraction of sp³-hybridized carbons (Fsp3) is 0.385. The Hall–Kier alpha value is -3.52. The van der Waals surface area contributed by atoms with E-state index >= 15 is 0 Å². The van der Waals surface area contributed by atoms with Crippen LogP contribution in [0.4, 0.5) is 11.6 Å². The maximum Gasteiger partial charge on any atom is 0.278 e. The Bertz CT molecular complexity index is 1500. The highest BCUT2D eigenvalue weighted by atomic mass is 16.1. The lowest BCUT2D eigenvalue weighted by atomic mass is 9.69. The minimum Gasteiger partial charge on any atom is -0.324 e. The van der Waals surface area contributed by atoms with Crippen molar-refractivity contribution in [3.8, 4) is 5.69 Å². The standard InChI is InChI=1S/C26H29N7O/c1-15(2)32-24(34)20-14-29-25(30-18-6-5-16-7-9-27-13-17(16)11-18)31-23(20)33(32)21-8-10-28-22-19(21)12-26(22,3)4/h5-6,8,10-11,14-15,27H,7,9,12-13H2,1-4H3,(H,29,30,31). The number of hydrogen-bond acceptors (Lipinski definition) is 6. The molecule has 8 heteroatoms. The van der Waals surface area contributed by atoms with Crippen LogP contribution in [0, 0.1) is 0 Å². The molecule has 6 rings (SSSR count). The lowest BCUT2D eigenvalue weighted by Crippen LogP contribution is -2.36. The molecule has 4 heterocycles. The van der Waals surface area contributed by atoms with Crippen LogP contribution in [0.1, 0.15) is 56.1 Å². The highest BCUT2D eigenvalue weighted by molar-refractivity contribution is 5.78. The molecule has 1 aromatic carbocycles. The quantitative estimate of drug-likeness (QED) is 0.487. The van der Waals surface area contributed by atoms with Gasteiger partial charge in [-0.1, -0.05) is 19.9 Å². The zero-order valence-electron chi connectivity index (χ0n) is 20.0. The van der Waals surface area contributed by atoms with Gasteiger partial charge in [-0.15, -0.1) is 0 Å². The van der Waals surface area contributed by atoms with Crippen molar-refractivity contribution in [1.82, 2.24) is 29.6 Å². The second-order valence-corrected chi connectivity index (χ2v) is 10.2. The van der Waals surface area contributed by atoms with Crippen LogP contribution >= 0.6 is 0 Å². The van der Waals surface area contributed by atoms with Gasteiger partial charge < -0.3 is 10.6 Å². The highest BCUT2D eigenvalue weighted by Gasteiger charge is 2.38. The molecule has 0 bridgehead atoms. The van der Waals surface area contributed by atoms with E-state index in [4.69, 9.17) is 4.98 Å². The van der Waals surface area contributed by atoms with Gasteiger partial charge in [0.15, 0.2) is 5.65 Å². The minimum atomic E-state index is -0.0828. The third kappa shape index (κ3) is 3.16. The number of nitrogens with one attached hydrogen (secondary N) is 2. The van der Waals surface area contributed by atoms with Crippen molar-refractivity contribution >= 4 is 22.7 Å². The van der Waals surface area contributed by atoms with E-state index in [0.717, 1.165) is 43.0 Å². The monoisotopic (exact) mass is 455 g/mol. The third-order valence-corrected chi connectivity index (χ3v) is 6.98. The summed E-state index contributed by atoms with van der Waals surface area (Å²) in [4.78, 5) is 27.3. The van der Waals surface area contributed by atoms with Crippen molar-refractivity contribution in [2.75, 3.05) is 11.9 Å². The molecule has 1 aliphatic heterocycles. The van der Waals surface area contributed by atoms with E-state index in [2.05, 4.69) is 52.6 Å². The Morgan fingerprint density at radius 2 is 2.00 bits per heavy atom. The van der Waals surface area contributed by atoms with E-state index in [1.54, 1.807) is 10.9 Å². The van der Waals surface area contributed by atoms with Gasteiger partial charge in [0, 0.05) is 41.6 Å². The maximum absolute atomic E-state index is 13.4. The van der Waals surface area contributed by atoms with E-state index in [-0.39, 0.29) is 17.0 Å². The molecular weight excluding hydrogens is 426 g/mol. The van der Waals surface area contributed by atoms with Crippen molar-refractivity contribution in [2.24, 2.45) is 0 Å². The topological polar surface area (TPSA) is 89.7 Å². The van der Waals surface area contributed by atoms with Gasteiger partial charge in [0.2, 0.25) is 5.95 Å². The second-order valence-electron chi connectivity index (χ2n) is 10.2. The van der Waals surface area contributed by atoms with Crippen LogP contribution in [0.15, 0.2) is 41.5 Å². The van der Waals surface area contributed by atoms with E-state index in [0.29, 0.717) is 17.0 Å². The number of aromatic nitrogens is 5. The molecule has 2 N–H and O–H groups in total. The molecule has 8 nitrogen and oxygen atoms in total. The average Bonchev–Trinajstić information content (AvgIpc) is 3.10. The number of nitrogens with zero attached hydrogens (tertiary/aromatic N) is 5. The van der Waals surface area contributed by atoms with Crippen LogP contribution in [0.2, 0.25) is 0 Å². The maximum atomic E-state index is 13.4. The summed E-state index contributed by atoms with van der Waals surface area (Å²) in [5.74, 6) is 0.471. The number of rotatable bonds is 4. The van der Waals surface area contributed by atoms with E-state index < -0.39 is 0 Å². The summed E-state index contributed by atoms with van der Waals surface area (Å²) in [5, 5.41) is 7.28. The van der Waals surface area contributed by atoms with Crippen LogP contribution < -0.4 is 16.2 Å². The Labute approximate surface area is 198 Å². The molecule has 3 aromatic heterocycles. The number of benzene rings is 1. The third-order valence-electron chi connectivity index (χ3n) is 6.98. The summed E-state index contributed by atoms with van der Waals surface area (Å²) in [6.07, 6.45) is 5.42. The molecule has 0 saturated heterocycles. The second kappa shape index (κ2) is 7.50. The van der Waals surface area contributed by atoms with Crippen molar-refractivity contribution in [1.29, 1.82) is 0 Å². The summed E-state index contributed by atoms with van der Waals surface area (Å²) in [6, 6.07) is 8.33. The molecule has 1 aliphatic carbocycles. The molecule has 0 unspecified atom stereocenters. The lowest BCUT2D eigenvalue weighted by molar-refractivity contribution is 0.423. The van der Waals surface area contributed by atoms with Gasteiger partial charge in [0.05, 0.1) is 11.4 Å². The first kappa shape index (κ1) is 21.0. The fourth-order valence-electron chi connectivity index (χ4n) is 5.30. The average molecular weight is 456 g/mol. The van der Waals surface area contributed by atoms with E-state index in [1.807, 2.05) is 30.8 Å². The predicted molar refractivity (Wildman–Crippen MR) is 133 cm³/mol. The fourth-order valence-corrected chi connectivity index (χ4v) is 5.30. The molecule has 174 valence electrons. The van der Waals surface area contributed by atoms with E-state index in [1.165, 1.54) is 16.7 Å². The Kier molecular flexibility index (Phi) is 4.64. The number of hydrogen-bond donors (Lipinski definition) is 2. The van der Waals surface area contributed by atoms with Crippen molar-refractivity contribution in [3.63, 3.8) is 0 Å². The van der Waals surface area contributed by atoms with Crippen LogP contribution in [0.25, 0.3) is 16.7 Å². The molecule has 0 fully saturated rings. The summed E-state index contributed by atoms with van der Waals surface area (Å²) in [6.45, 7) is 10.3. The summed E-state index contributed by atoms with van der Waals surface area (Å²) >= 11 is 0. The Morgan fingerprint density at radius 3 is 2.79 bits per heavy atom. The lowest BCUT2D eigenvalue weighted by Gasteiger charge is -2.38. The Morgan fingerprint density at radius 1 is 1.15 bits per heavy atom. The van der Waals surface area contributed by atoms with Crippen LogP contribution in [-0.2, 0) is 24.8 Å². The first-order valence-corrected chi connectivity index (χ1v) is 11.9. The molecule has 0 radical (unpaired) electrons. The molecule has 34 heavy (non-hydrogen) atoms. The first-order valence-electron chi connectivity index (χ1n) is 11.9. The van der Waals surface area contributed by atoms with Crippen molar-refractivity contribution in [2.45, 2.75) is 58.5 Å². The van der Waals surface area contributed by atoms with Crippen LogP contribution in [-0.4, -0.2) is 30.9 Å². The van der Waals surface area contributed by atoms with Gasteiger partial charge in [-0.2, -0.15) is 4.98 Å². The highest BCUT2D eigenvalue weighted by Crippen LogP contribution is 2.42. The molecule has 0 amide bonds. The van der Waals surface area contributed by atoms with Gasteiger partial charge in [-0.3, -0.25) is 9.78 Å². The van der Waals surface area contributed by atoms with Gasteiger partial charge in [0.1, 0.15) is 5.39 Å². The SMILES string of the molecule is CC(C)n1c(=O)c2cnc(Nc3ccc4c(c3)CNCC4)nc2n1-c1ccnc2c1CC2(C)C. The van der Waals surface area contributed by atoms with Crippen molar-refractivity contribution < 1.29 is 0 Å². The smallest absolute Gasteiger partial charge is 0.278 e. The zero-order valence-corrected chi connectivity index (χ0v) is 20.0. The van der Waals surface area contributed by atoms with Gasteiger partial charge in [-0.25, -0.2) is 14.3 Å². The zero-order chi connectivity index (χ0) is 23.6. The minimum absolute atomic E-state index is 0.0387. The van der Waals surface area contributed by atoms with Gasteiger partial charge in [0.25, 0.3) is 5.56 Å².